The molecule has 194 valence electrons. The Kier molecular flexibility index (Phi) is 10.6. The lowest BCUT2D eigenvalue weighted by Gasteiger charge is -2.15. The third-order valence-corrected chi connectivity index (χ3v) is 5.63. The van der Waals surface area contributed by atoms with Crippen molar-refractivity contribution in [3.05, 3.63) is 89.7 Å². The Labute approximate surface area is 216 Å². The molecular formula is C28H33N5O4. The molecule has 0 unspecified atom stereocenters. The molecule has 3 amide bonds. The van der Waals surface area contributed by atoms with E-state index in [9.17, 15) is 14.4 Å². The smallest absolute Gasteiger partial charge is 0.407 e. The van der Waals surface area contributed by atoms with E-state index < -0.39 is 12.1 Å². The summed E-state index contributed by atoms with van der Waals surface area (Å²) in [4.78, 5) is 41.2. The number of aromatic nitrogens is 1. The van der Waals surface area contributed by atoms with E-state index in [0.717, 1.165) is 30.4 Å². The Balaban J connectivity index is 1.50. The van der Waals surface area contributed by atoms with Gasteiger partial charge in [-0.2, -0.15) is 0 Å². The molecule has 1 aromatic heterocycles. The Morgan fingerprint density at radius 2 is 1.65 bits per heavy atom. The number of ether oxygens (including phenoxy) is 1. The first-order chi connectivity index (χ1) is 18.0. The van der Waals surface area contributed by atoms with Crippen molar-refractivity contribution >= 4 is 29.3 Å². The molecule has 3 aromatic rings. The number of unbranched alkanes of at least 4 members (excludes halogenated alkanes) is 2. The fourth-order valence-corrected chi connectivity index (χ4v) is 3.50. The predicted molar refractivity (Wildman–Crippen MR) is 143 cm³/mol. The van der Waals surface area contributed by atoms with Gasteiger partial charge in [0.2, 0.25) is 5.91 Å². The quantitative estimate of drug-likeness (QED) is 0.267. The maximum atomic E-state index is 12.8. The van der Waals surface area contributed by atoms with E-state index >= 15 is 0 Å². The molecule has 9 nitrogen and oxygen atoms in total. The average Bonchev–Trinajstić information content (AvgIpc) is 2.92. The zero-order chi connectivity index (χ0) is 26.5. The molecule has 0 bridgehead atoms. The van der Waals surface area contributed by atoms with Crippen LogP contribution in [0.4, 0.5) is 16.2 Å². The number of nitrogens with two attached hydrogens (primary N) is 1. The van der Waals surface area contributed by atoms with Crippen molar-refractivity contribution < 1.29 is 19.1 Å². The first kappa shape index (κ1) is 27.3. The van der Waals surface area contributed by atoms with Crippen molar-refractivity contribution in [1.29, 1.82) is 0 Å². The number of pyridine rings is 1. The van der Waals surface area contributed by atoms with Gasteiger partial charge < -0.3 is 26.4 Å². The molecular weight excluding hydrogens is 470 g/mol. The molecule has 1 heterocycles. The van der Waals surface area contributed by atoms with Crippen molar-refractivity contribution in [3.63, 3.8) is 0 Å². The van der Waals surface area contributed by atoms with Gasteiger partial charge >= 0.3 is 6.09 Å². The lowest BCUT2D eigenvalue weighted by Crippen LogP contribution is -2.35. The van der Waals surface area contributed by atoms with Gasteiger partial charge in [0.25, 0.3) is 5.91 Å². The summed E-state index contributed by atoms with van der Waals surface area (Å²) in [5.74, 6) is -0.613. The molecule has 9 heteroatoms. The fraction of sp³-hybridized carbons (Fsp3) is 0.286. The lowest BCUT2D eigenvalue weighted by molar-refractivity contribution is -0.117. The topological polar surface area (TPSA) is 135 Å². The van der Waals surface area contributed by atoms with Gasteiger partial charge in [-0.3, -0.25) is 14.6 Å². The van der Waals surface area contributed by atoms with E-state index in [0.29, 0.717) is 23.4 Å². The van der Waals surface area contributed by atoms with Crippen LogP contribution in [0.2, 0.25) is 0 Å². The van der Waals surface area contributed by atoms with Crippen molar-refractivity contribution in [1.82, 2.24) is 10.3 Å². The molecule has 0 fully saturated rings. The van der Waals surface area contributed by atoms with Gasteiger partial charge in [-0.25, -0.2) is 4.79 Å². The summed E-state index contributed by atoms with van der Waals surface area (Å²) in [5.41, 5.74) is 9.00. The molecule has 0 aliphatic carbocycles. The van der Waals surface area contributed by atoms with Crippen LogP contribution in [0.15, 0.2) is 73.1 Å². The van der Waals surface area contributed by atoms with Gasteiger partial charge in [-0.05, 0) is 42.3 Å². The maximum Gasteiger partial charge on any atom is 0.407 e. The number of para-hydroxylation sites is 2. The highest BCUT2D eigenvalue weighted by Crippen LogP contribution is 2.22. The Bertz CT molecular complexity index is 1170. The number of benzene rings is 2. The van der Waals surface area contributed by atoms with Crippen LogP contribution in [0.25, 0.3) is 0 Å². The minimum absolute atomic E-state index is 0.130. The summed E-state index contributed by atoms with van der Waals surface area (Å²) in [6, 6.07) is 16.8. The van der Waals surface area contributed by atoms with Crippen molar-refractivity contribution in [2.45, 2.75) is 51.8 Å². The van der Waals surface area contributed by atoms with Crippen LogP contribution >= 0.6 is 0 Å². The molecule has 2 aromatic carbocycles. The van der Waals surface area contributed by atoms with Crippen LogP contribution in [-0.2, 0) is 22.7 Å². The van der Waals surface area contributed by atoms with Crippen LogP contribution in [0.3, 0.4) is 0 Å². The Morgan fingerprint density at radius 1 is 0.919 bits per heavy atom. The highest BCUT2D eigenvalue weighted by Gasteiger charge is 2.16. The molecule has 0 aliphatic heterocycles. The number of amides is 3. The van der Waals surface area contributed by atoms with Gasteiger partial charge in [0, 0.05) is 30.1 Å². The minimum atomic E-state index is -0.607. The van der Waals surface area contributed by atoms with E-state index in [-0.39, 0.29) is 25.0 Å². The standard InChI is InChI=1S/C28H33N5O4/c1-2-3-4-9-23(29)27(35)33-25-11-6-5-10-24(25)32-26(34)22-14-12-20(13-15-22)18-31-28(36)37-19-21-8-7-16-30-17-21/h5-8,10-17,23H,2-4,9,18-19,29H2,1H3,(H,31,36)(H,32,34)(H,33,35)/t23-/m0/s1. The van der Waals surface area contributed by atoms with Crippen LogP contribution in [0.5, 0.6) is 0 Å². The number of alkyl carbamates (subject to hydrolysis) is 1. The number of anilines is 2. The molecule has 5 N–H and O–H groups in total. The third-order valence-electron chi connectivity index (χ3n) is 5.63. The molecule has 0 spiro atoms. The van der Waals surface area contributed by atoms with Crippen LogP contribution in [-0.4, -0.2) is 28.9 Å². The highest BCUT2D eigenvalue weighted by molar-refractivity contribution is 6.07. The number of nitrogens with zero attached hydrogens (tertiary/aromatic N) is 1. The van der Waals surface area contributed by atoms with Gasteiger partial charge in [0.05, 0.1) is 17.4 Å². The summed E-state index contributed by atoms with van der Waals surface area (Å²) >= 11 is 0. The first-order valence-electron chi connectivity index (χ1n) is 12.3. The van der Waals surface area contributed by atoms with Gasteiger partial charge in [0.1, 0.15) is 6.61 Å². The number of nitrogens with one attached hydrogen (secondary N) is 3. The van der Waals surface area contributed by atoms with Crippen molar-refractivity contribution in [3.8, 4) is 0 Å². The molecule has 0 saturated carbocycles. The molecule has 37 heavy (non-hydrogen) atoms. The number of hydrogen-bond donors (Lipinski definition) is 4. The number of hydrogen-bond acceptors (Lipinski definition) is 6. The van der Waals surface area contributed by atoms with Crippen LogP contribution < -0.4 is 21.7 Å². The Hall–Kier alpha value is -4.24. The zero-order valence-electron chi connectivity index (χ0n) is 20.9. The second-order valence-corrected chi connectivity index (χ2v) is 8.58. The lowest BCUT2D eigenvalue weighted by atomic mass is 10.1. The molecule has 0 radical (unpaired) electrons. The fourth-order valence-electron chi connectivity index (χ4n) is 3.50. The summed E-state index contributed by atoms with van der Waals surface area (Å²) in [6.07, 6.45) is 6.32. The minimum Gasteiger partial charge on any atom is -0.445 e. The molecule has 0 saturated heterocycles. The molecule has 3 rings (SSSR count). The van der Waals surface area contributed by atoms with Crippen LogP contribution in [0, 0.1) is 0 Å². The van der Waals surface area contributed by atoms with E-state index in [2.05, 4.69) is 27.9 Å². The first-order valence-corrected chi connectivity index (χ1v) is 12.3. The summed E-state index contributed by atoms with van der Waals surface area (Å²) in [7, 11) is 0. The van der Waals surface area contributed by atoms with E-state index in [4.69, 9.17) is 10.5 Å². The SMILES string of the molecule is CCCCC[C@H](N)C(=O)Nc1ccccc1NC(=O)c1ccc(CNC(=O)OCc2cccnc2)cc1. The van der Waals surface area contributed by atoms with Crippen molar-refractivity contribution in [2.24, 2.45) is 5.73 Å². The van der Waals surface area contributed by atoms with Gasteiger partial charge in [-0.1, -0.05) is 56.5 Å². The average molecular weight is 504 g/mol. The summed E-state index contributed by atoms with van der Waals surface area (Å²) in [6.45, 7) is 2.48. The van der Waals surface area contributed by atoms with E-state index in [1.165, 1.54) is 0 Å². The van der Waals surface area contributed by atoms with Gasteiger partial charge in [-0.15, -0.1) is 0 Å². The van der Waals surface area contributed by atoms with E-state index in [1.54, 1.807) is 67.0 Å². The highest BCUT2D eigenvalue weighted by atomic mass is 16.5. The normalized spacial score (nSPS) is 11.3. The van der Waals surface area contributed by atoms with E-state index in [1.807, 2.05) is 6.07 Å². The van der Waals surface area contributed by atoms with Gasteiger partial charge in [0.15, 0.2) is 0 Å². The summed E-state index contributed by atoms with van der Waals surface area (Å²) < 4.78 is 5.16. The number of rotatable bonds is 12. The number of carbonyl (C=O) groups is 3. The maximum absolute atomic E-state index is 12.8. The third kappa shape index (κ3) is 9.05. The predicted octanol–water partition coefficient (Wildman–Crippen LogP) is 4.61. The van der Waals surface area contributed by atoms with Crippen LogP contribution in [0.1, 0.15) is 54.1 Å². The summed E-state index contributed by atoms with van der Waals surface area (Å²) in [5, 5.41) is 8.33. The second kappa shape index (κ2) is 14.4. The monoisotopic (exact) mass is 503 g/mol. The second-order valence-electron chi connectivity index (χ2n) is 8.58. The molecule has 1 atom stereocenters. The van der Waals surface area contributed by atoms with Crippen molar-refractivity contribution in [2.75, 3.05) is 10.6 Å². The largest absolute Gasteiger partial charge is 0.445 e. The number of carbonyl (C=O) groups excluding carboxylic acids is 3. The zero-order valence-corrected chi connectivity index (χ0v) is 20.9. The molecule has 0 aliphatic rings. The Morgan fingerprint density at radius 3 is 2.32 bits per heavy atom.